The molecule has 0 spiro atoms. The van der Waals surface area contributed by atoms with Gasteiger partial charge in [-0.05, 0) is 25.0 Å². The van der Waals surface area contributed by atoms with Gasteiger partial charge in [-0.3, -0.25) is 4.79 Å². The van der Waals surface area contributed by atoms with Crippen LogP contribution >= 0.6 is 11.6 Å². The number of carbonyl (C=O) groups is 1. The van der Waals surface area contributed by atoms with Gasteiger partial charge >= 0.3 is 0 Å². The minimum absolute atomic E-state index is 0.0455. The average Bonchev–Trinajstić information content (AvgIpc) is 3.09. The van der Waals surface area contributed by atoms with Gasteiger partial charge in [0.25, 0.3) is 5.91 Å². The molecule has 3 rings (SSSR count). The topological polar surface area (TPSA) is 61.9 Å². The molecule has 0 radical (unpaired) electrons. The molecule has 2 aromatic rings. The molecule has 0 N–H and O–H groups in total. The quantitative estimate of drug-likeness (QED) is 0.853. The summed E-state index contributed by atoms with van der Waals surface area (Å²) in [5, 5.41) is 9.43. The van der Waals surface area contributed by atoms with Crippen LogP contribution < -0.4 is 0 Å². The largest absolute Gasteiger partial charge is 0.346 e. The van der Waals surface area contributed by atoms with Gasteiger partial charge in [0, 0.05) is 36.6 Å². The van der Waals surface area contributed by atoms with Gasteiger partial charge in [0.2, 0.25) is 0 Å². The van der Waals surface area contributed by atoms with E-state index in [-0.39, 0.29) is 5.91 Å². The number of fused-ring (bicyclic) bond motifs is 1. The molecule has 5 nitrogen and oxygen atoms in total. The van der Waals surface area contributed by atoms with E-state index in [2.05, 4.69) is 11.1 Å². The maximum atomic E-state index is 13.0. The highest BCUT2D eigenvalue weighted by atomic mass is 35.5. The summed E-state index contributed by atoms with van der Waals surface area (Å²) in [6.45, 7) is 0. The van der Waals surface area contributed by atoms with Gasteiger partial charge in [0.05, 0.1) is 18.0 Å². The van der Waals surface area contributed by atoms with Crippen LogP contribution in [-0.2, 0) is 16.8 Å². The number of aromatic nitrogens is 2. The summed E-state index contributed by atoms with van der Waals surface area (Å²) in [6.07, 6.45) is 4.85. The predicted octanol–water partition coefficient (Wildman–Crippen LogP) is 2.19. The monoisotopic (exact) mass is 314 g/mol. The molecule has 0 fully saturated rings. The van der Waals surface area contributed by atoms with Crippen molar-refractivity contribution in [2.45, 2.75) is 18.4 Å². The van der Waals surface area contributed by atoms with Crippen LogP contribution in [0.3, 0.4) is 0 Å². The second-order valence-electron chi connectivity index (χ2n) is 5.62. The SMILES string of the molecule is CN(C)C(=O)C1(c2ccc(C#N)cc2Cl)CCc2cncn21. The van der Waals surface area contributed by atoms with Crippen molar-refractivity contribution in [3.8, 4) is 6.07 Å². The van der Waals surface area contributed by atoms with Crippen molar-refractivity contribution in [2.24, 2.45) is 0 Å². The van der Waals surface area contributed by atoms with Crippen molar-refractivity contribution in [1.82, 2.24) is 14.5 Å². The second-order valence-corrected chi connectivity index (χ2v) is 6.03. The standard InChI is InChI=1S/C16H15ClN4O/c1-20(2)15(22)16(6-5-12-9-19-10-21(12)16)13-4-3-11(8-18)7-14(13)17/h3-4,7,9-10H,5-6H2,1-2H3. The Morgan fingerprint density at radius 1 is 1.50 bits per heavy atom. The van der Waals surface area contributed by atoms with Crippen molar-refractivity contribution in [3.05, 3.63) is 52.6 Å². The number of aryl methyl sites for hydroxylation is 1. The van der Waals surface area contributed by atoms with Crippen molar-refractivity contribution in [1.29, 1.82) is 5.26 Å². The Bertz CT molecular complexity index is 790. The molecule has 1 amide bonds. The van der Waals surface area contributed by atoms with Crippen molar-refractivity contribution < 1.29 is 4.79 Å². The molecule has 2 heterocycles. The summed E-state index contributed by atoms with van der Waals surface area (Å²) in [5.41, 5.74) is 1.31. The van der Waals surface area contributed by atoms with E-state index in [0.29, 0.717) is 22.6 Å². The molecule has 0 aliphatic carbocycles. The van der Waals surface area contributed by atoms with Crippen LogP contribution in [0.4, 0.5) is 0 Å². The zero-order chi connectivity index (χ0) is 15.9. The van der Waals surface area contributed by atoms with Gasteiger partial charge in [-0.2, -0.15) is 5.26 Å². The van der Waals surface area contributed by atoms with Crippen LogP contribution in [0.5, 0.6) is 0 Å². The lowest BCUT2D eigenvalue weighted by Crippen LogP contribution is -2.47. The summed E-state index contributed by atoms with van der Waals surface area (Å²) in [6, 6.07) is 7.14. The molecule has 1 aliphatic rings. The van der Waals surface area contributed by atoms with Gasteiger partial charge in [-0.15, -0.1) is 0 Å². The first-order chi connectivity index (χ1) is 10.5. The van der Waals surface area contributed by atoms with E-state index in [9.17, 15) is 4.79 Å². The Morgan fingerprint density at radius 3 is 2.91 bits per heavy atom. The fraction of sp³-hybridized carbons (Fsp3) is 0.312. The number of nitriles is 1. The van der Waals surface area contributed by atoms with Crippen molar-refractivity contribution >= 4 is 17.5 Å². The summed E-state index contributed by atoms with van der Waals surface area (Å²) in [7, 11) is 3.47. The van der Waals surface area contributed by atoms with Gasteiger partial charge in [-0.1, -0.05) is 17.7 Å². The fourth-order valence-corrected chi connectivity index (χ4v) is 3.50. The Kier molecular flexibility index (Phi) is 3.42. The Morgan fingerprint density at radius 2 is 2.27 bits per heavy atom. The number of nitrogens with zero attached hydrogens (tertiary/aromatic N) is 4. The highest BCUT2D eigenvalue weighted by molar-refractivity contribution is 6.32. The average molecular weight is 315 g/mol. The summed E-state index contributed by atoms with van der Waals surface area (Å²) >= 11 is 6.40. The fourth-order valence-electron chi connectivity index (χ4n) is 3.16. The van der Waals surface area contributed by atoms with Crippen LogP contribution in [0.25, 0.3) is 0 Å². The van der Waals surface area contributed by atoms with E-state index in [4.69, 9.17) is 16.9 Å². The van der Waals surface area contributed by atoms with Crippen molar-refractivity contribution in [2.75, 3.05) is 14.1 Å². The number of amides is 1. The second kappa shape index (κ2) is 5.15. The molecule has 22 heavy (non-hydrogen) atoms. The number of halogens is 1. The van der Waals surface area contributed by atoms with E-state index < -0.39 is 5.54 Å². The van der Waals surface area contributed by atoms with Gasteiger partial charge in [-0.25, -0.2) is 4.98 Å². The minimum atomic E-state index is -0.888. The molecule has 1 aromatic heterocycles. The first kappa shape index (κ1) is 14.6. The predicted molar refractivity (Wildman–Crippen MR) is 82.5 cm³/mol. The van der Waals surface area contributed by atoms with Crippen LogP contribution in [0.1, 0.15) is 23.2 Å². The zero-order valence-corrected chi connectivity index (χ0v) is 13.1. The normalized spacial score (nSPS) is 19.5. The van der Waals surface area contributed by atoms with E-state index in [1.807, 2.05) is 4.57 Å². The maximum Gasteiger partial charge on any atom is 0.253 e. The third kappa shape index (κ3) is 1.92. The summed E-state index contributed by atoms with van der Waals surface area (Å²) in [5.74, 6) is -0.0455. The molecule has 1 aliphatic heterocycles. The molecule has 1 atom stereocenters. The van der Waals surface area contributed by atoms with E-state index in [1.54, 1.807) is 49.7 Å². The smallest absolute Gasteiger partial charge is 0.253 e. The maximum absolute atomic E-state index is 13.0. The number of imidazole rings is 1. The third-order valence-electron chi connectivity index (χ3n) is 4.17. The third-order valence-corrected chi connectivity index (χ3v) is 4.49. The number of rotatable bonds is 2. The molecule has 0 bridgehead atoms. The Labute approximate surface area is 133 Å². The lowest BCUT2D eigenvalue weighted by molar-refractivity contribution is -0.135. The Balaban J connectivity index is 2.25. The van der Waals surface area contributed by atoms with Gasteiger partial charge < -0.3 is 9.47 Å². The Hall–Kier alpha value is -2.32. The molecule has 0 saturated carbocycles. The molecular formula is C16H15ClN4O. The highest BCUT2D eigenvalue weighted by Crippen LogP contribution is 2.42. The highest BCUT2D eigenvalue weighted by Gasteiger charge is 2.48. The van der Waals surface area contributed by atoms with Gasteiger partial charge in [0.1, 0.15) is 0 Å². The number of benzene rings is 1. The lowest BCUT2D eigenvalue weighted by atomic mass is 9.85. The molecule has 112 valence electrons. The number of hydrogen-bond acceptors (Lipinski definition) is 3. The number of carbonyl (C=O) groups excluding carboxylic acids is 1. The zero-order valence-electron chi connectivity index (χ0n) is 12.4. The van der Waals surface area contributed by atoms with Gasteiger partial charge in [0.15, 0.2) is 5.54 Å². The number of hydrogen-bond donors (Lipinski definition) is 0. The van der Waals surface area contributed by atoms with Crippen LogP contribution in [0.2, 0.25) is 5.02 Å². The van der Waals surface area contributed by atoms with Crippen LogP contribution in [0.15, 0.2) is 30.7 Å². The van der Waals surface area contributed by atoms with E-state index >= 15 is 0 Å². The summed E-state index contributed by atoms with van der Waals surface area (Å²) in [4.78, 5) is 18.7. The van der Waals surface area contributed by atoms with E-state index in [1.165, 1.54) is 0 Å². The molecular weight excluding hydrogens is 300 g/mol. The van der Waals surface area contributed by atoms with Crippen LogP contribution in [0, 0.1) is 11.3 Å². The van der Waals surface area contributed by atoms with Crippen molar-refractivity contribution in [3.63, 3.8) is 0 Å². The molecule has 0 saturated heterocycles. The van der Waals surface area contributed by atoms with Crippen LogP contribution in [-0.4, -0.2) is 34.5 Å². The number of likely N-dealkylation sites (N-methyl/N-ethyl adjacent to an activating group) is 1. The first-order valence-corrected chi connectivity index (χ1v) is 7.32. The summed E-state index contributed by atoms with van der Waals surface area (Å²) < 4.78 is 1.91. The first-order valence-electron chi connectivity index (χ1n) is 6.94. The van der Waals surface area contributed by atoms with E-state index in [0.717, 1.165) is 12.1 Å². The molecule has 6 heteroatoms. The molecule has 1 unspecified atom stereocenters. The lowest BCUT2D eigenvalue weighted by Gasteiger charge is -2.33. The minimum Gasteiger partial charge on any atom is -0.346 e. The molecule has 1 aromatic carbocycles.